The third kappa shape index (κ3) is 1.44. The first-order chi connectivity index (χ1) is 12.6. The van der Waals surface area contributed by atoms with Crippen molar-refractivity contribution in [2.75, 3.05) is 0 Å². The molecule has 5 heterocycles. The van der Waals surface area contributed by atoms with Crippen molar-refractivity contribution >= 4 is 23.7 Å². The van der Waals surface area contributed by atoms with E-state index in [1.165, 1.54) is 18.2 Å². The number of nitrogens with zero attached hydrogens (tertiary/aromatic N) is 2. The quantitative estimate of drug-likeness (QED) is 0.606. The summed E-state index contributed by atoms with van der Waals surface area (Å²) in [5, 5.41) is 0. The van der Waals surface area contributed by atoms with Crippen LogP contribution in [0, 0.1) is 17.8 Å². The maximum absolute atomic E-state index is 12.0. The van der Waals surface area contributed by atoms with Crippen molar-refractivity contribution in [3.8, 4) is 0 Å². The molecule has 5 aliphatic heterocycles. The maximum Gasteiger partial charge on any atom is 0.302 e. The number of rotatable bonds is 2. The van der Waals surface area contributed by atoms with Crippen molar-refractivity contribution in [2.45, 2.75) is 56.3 Å². The van der Waals surface area contributed by atoms with Gasteiger partial charge < -0.3 is 9.53 Å². The zero-order chi connectivity index (χ0) is 17.8. The Kier molecular flexibility index (Phi) is 2.69. The van der Waals surface area contributed by atoms with Crippen LogP contribution in [0.3, 0.4) is 0 Å². The van der Waals surface area contributed by atoms with E-state index in [2.05, 4.69) is 30.0 Å². The first-order valence-corrected chi connectivity index (χ1v) is 9.66. The molecule has 1 spiro atoms. The molecule has 5 heteroatoms. The molecule has 5 nitrogen and oxygen atoms in total. The maximum atomic E-state index is 12.0. The SMILES string of the molecule is CC(=O)O[C@@H]1C2[C@H]3C[C@]14C(=Nc1ccccc14)[C@H]1C[C@@H]2[C@@H](C=O)[C@@H](C)N13. The summed E-state index contributed by atoms with van der Waals surface area (Å²) in [4.78, 5) is 31.5. The number of piperidine rings is 4. The fourth-order valence-corrected chi connectivity index (χ4v) is 7.28. The molecule has 1 aromatic carbocycles. The summed E-state index contributed by atoms with van der Waals surface area (Å²) in [7, 11) is 0. The summed E-state index contributed by atoms with van der Waals surface area (Å²) in [5.74, 6) is 0.299. The predicted octanol–water partition coefficient (Wildman–Crippen LogP) is 2.25. The molecule has 1 aliphatic carbocycles. The van der Waals surface area contributed by atoms with Crippen LogP contribution in [-0.4, -0.2) is 47.1 Å². The topological polar surface area (TPSA) is 59.0 Å². The van der Waals surface area contributed by atoms with Gasteiger partial charge in [-0.25, -0.2) is 0 Å². The van der Waals surface area contributed by atoms with Crippen molar-refractivity contribution in [1.29, 1.82) is 0 Å². The zero-order valence-electron chi connectivity index (χ0n) is 15.0. The monoisotopic (exact) mass is 350 g/mol. The average molecular weight is 350 g/mol. The lowest BCUT2D eigenvalue weighted by atomic mass is 9.62. The molecule has 0 amide bonds. The molecule has 1 aromatic rings. The van der Waals surface area contributed by atoms with E-state index in [-0.39, 0.29) is 47.3 Å². The Hall–Kier alpha value is -2.01. The van der Waals surface area contributed by atoms with Gasteiger partial charge in [-0.1, -0.05) is 18.2 Å². The summed E-state index contributed by atoms with van der Waals surface area (Å²) >= 11 is 0. The van der Waals surface area contributed by atoms with Crippen molar-refractivity contribution in [3.05, 3.63) is 29.8 Å². The van der Waals surface area contributed by atoms with Gasteiger partial charge in [-0.15, -0.1) is 0 Å². The molecule has 5 fully saturated rings. The van der Waals surface area contributed by atoms with Gasteiger partial charge in [-0.2, -0.15) is 0 Å². The van der Waals surface area contributed by atoms with E-state index in [0.29, 0.717) is 6.04 Å². The van der Waals surface area contributed by atoms with Crippen LogP contribution >= 0.6 is 0 Å². The van der Waals surface area contributed by atoms with Crippen LogP contribution in [0.25, 0.3) is 0 Å². The van der Waals surface area contributed by atoms with E-state index in [4.69, 9.17) is 9.73 Å². The Morgan fingerprint density at radius 2 is 2.19 bits per heavy atom. The second-order valence-corrected chi connectivity index (χ2v) is 8.68. The highest BCUT2D eigenvalue weighted by molar-refractivity contribution is 6.08. The van der Waals surface area contributed by atoms with E-state index in [9.17, 15) is 9.59 Å². The largest absolute Gasteiger partial charge is 0.461 e. The number of carbonyl (C=O) groups excluding carboxylic acids is 2. The second kappa shape index (κ2) is 4.63. The summed E-state index contributed by atoms with van der Waals surface area (Å²) in [6.45, 7) is 3.69. The number of para-hydroxylation sites is 1. The van der Waals surface area contributed by atoms with E-state index < -0.39 is 0 Å². The number of hydrogen-bond acceptors (Lipinski definition) is 5. The number of fused-ring (bicyclic) bond motifs is 2. The number of ether oxygens (including phenoxy) is 1. The molecule has 0 radical (unpaired) electrons. The van der Waals surface area contributed by atoms with Crippen molar-refractivity contribution in [3.63, 3.8) is 0 Å². The lowest BCUT2D eigenvalue weighted by molar-refractivity contribution is -0.159. The van der Waals surface area contributed by atoms with Crippen molar-refractivity contribution in [1.82, 2.24) is 4.90 Å². The van der Waals surface area contributed by atoms with Crippen molar-refractivity contribution in [2.24, 2.45) is 22.7 Å². The number of benzene rings is 1. The minimum atomic E-state index is -0.287. The molecule has 0 aromatic heterocycles. The van der Waals surface area contributed by atoms with E-state index in [0.717, 1.165) is 24.8 Å². The number of hydrogen-bond donors (Lipinski definition) is 0. The molecular weight excluding hydrogens is 328 g/mol. The van der Waals surface area contributed by atoms with E-state index in [1.807, 2.05) is 6.07 Å². The highest BCUT2D eigenvalue weighted by atomic mass is 16.5. The van der Waals surface area contributed by atoms with Gasteiger partial charge >= 0.3 is 5.97 Å². The first-order valence-electron chi connectivity index (χ1n) is 9.66. The highest BCUT2D eigenvalue weighted by Gasteiger charge is 2.75. The van der Waals surface area contributed by atoms with Crippen LogP contribution in [0.4, 0.5) is 5.69 Å². The van der Waals surface area contributed by atoms with Crippen LogP contribution in [0.15, 0.2) is 29.3 Å². The number of aldehydes is 1. The molecule has 7 rings (SSSR count). The smallest absolute Gasteiger partial charge is 0.302 e. The molecule has 5 bridgehead atoms. The van der Waals surface area contributed by atoms with Crippen LogP contribution in [0.1, 0.15) is 32.3 Å². The van der Waals surface area contributed by atoms with Gasteiger partial charge in [0.15, 0.2) is 0 Å². The lowest BCUT2D eigenvalue weighted by Crippen LogP contribution is -2.69. The van der Waals surface area contributed by atoms with Gasteiger partial charge in [0.2, 0.25) is 0 Å². The number of esters is 1. The Morgan fingerprint density at radius 1 is 1.38 bits per heavy atom. The molecule has 1 saturated carbocycles. The molecule has 4 saturated heterocycles. The molecule has 134 valence electrons. The third-order valence-electron chi connectivity index (χ3n) is 7.91. The lowest BCUT2D eigenvalue weighted by Gasteiger charge is -2.60. The second-order valence-electron chi connectivity index (χ2n) is 8.68. The molecule has 6 aliphatic rings. The Morgan fingerprint density at radius 3 is 2.96 bits per heavy atom. The van der Waals surface area contributed by atoms with E-state index >= 15 is 0 Å². The molecule has 9 atom stereocenters. The Bertz CT molecular complexity index is 880. The number of aliphatic imine (C=N–C) groups is 1. The predicted molar refractivity (Wildman–Crippen MR) is 95.4 cm³/mol. The summed E-state index contributed by atoms with van der Waals surface area (Å²) in [6.07, 6.45) is 2.85. The third-order valence-corrected chi connectivity index (χ3v) is 7.91. The highest BCUT2D eigenvalue weighted by Crippen LogP contribution is 2.67. The molecule has 2 unspecified atom stereocenters. The molecule has 0 N–H and O–H groups in total. The van der Waals surface area contributed by atoms with Gasteiger partial charge in [0.1, 0.15) is 12.4 Å². The zero-order valence-corrected chi connectivity index (χ0v) is 15.0. The van der Waals surface area contributed by atoms with Gasteiger partial charge in [-0.05, 0) is 37.3 Å². The molecule has 26 heavy (non-hydrogen) atoms. The van der Waals surface area contributed by atoms with E-state index in [1.54, 1.807) is 0 Å². The van der Waals surface area contributed by atoms with Gasteiger partial charge in [0, 0.05) is 30.8 Å². The summed E-state index contributed by atoms with van der Waals surface area (Å²) in [5.41, 5.74) is 3.15. The van der Waals surface area contributed by atoms with Crippen molar-refractivity contribution < 1.29 is 14.3 Å². The standard InChI is InChI=1S/C21H22N2O3/c1-10-13(9-24)12-7-16-19-21(14-5-3-4-6-15(14)22-19)8-17(23(10)16)18(12)20(21)26-11(2)25/h3-6,9-10,12-13,16-18,20H,7-8H2,1-2H3/t10-,12-,13+,16-,17-,18?,20-,21+/m1/s1. The average Bonchev–Trinajstić information content (AvgIpc) is 3.08. The summed E-state index contributed by atoms with van der Waals surface area (Å²) < 4.78 is 6.04. The van der Waals surface area contributed by atoms with Crippen LogP contribution in [0.5, 0.6) is 0 Å². The summed E-state index contributed by atoms with van der Waals surface area (Å²) in [6, 6.07) is 9.21. The van der Waals surface area contributed by atoms with Crippen LogP contribution < -0.4 is 0 Å². The van der Waals surface area contributed by atoms with Gasteiger partial charge in [0.25, 0.3) is 0 Å². The Balaban J connectivity index is 1.61. The minimum absolute atomic E-state index is 0.0235. The Labute approximate surface area is 152 Å². The first kappa shape index (κ1) is 15.1. The minimum Gasteiger partial charge on any atom is -0.461 e. The normalized spacial score (nSPS) is 48.8. The van der Waals surface area contributed by atoms with Gasteiger partial charge in [-0.3, -0.25) is 14.7 Å². The fourth-order valence-electron chi connectivity index (χ4n) is 7.28. The van der Waals surface area contributed by atoms with Crippen LogP contribution in [0.2, 0.25) is 0 Å². The number of carbonyl (C=O) groups is 2. The van der Waals surface area contributed by atoms with Gasteiger partial charge in [0.05, 0.1) is 22.9 Å². The molecular formula is C21H22N2O3. The fraction of sp³-hybridized carbons (Fsp3) is 0.571. The van der Waals surface area contributed by atoms with Crippen LogP contribution in [-0.2, 0) is 19.7 Å².